The molecule has 3 heterocycles. The molecule has 1 amide bonds. The maximum absolute atomic E-state index is 12.9. The molecule has 34 heavy (non-hydrogen) atoms. The Bertz CT molecular complexity index is 1100. The molecule has 1 saturated heterocycles. The van der Waals surface area contributed by atoms with Crippen molar-refractivity contribution in [2.24, 2.45) is 0 Å². The van der Waals surface area contributed by atoms with E-state index < -0.39 is 6.10 Å². The van der Waals surface area contributed by atoms with Gasteiger partial charge in [0.25, 0.3) is 5.91 Å². The van der Waals surface area contributed by atoms with Crippen LogP contribution in [0.5, 0.6) is 11.5 Å². The lowest BCUT2D eigenvalue weighted by molar-refractivity contribution is -0.126. The Morgan fingerprint density at radius 1 is 1.06 bits per heavy atom. The van der Waals surface area contributed by atoms with E-state index in [2.05, 4.69) is 35.9 Å². The van der Waals surface area contributed by atoms with Gasteiger partial charge in [0.05, 0.1) is 19.9 Å². The molecule has 12 heteroatoms. The Balaban J connectivity index is 1.37. The van der Waals surface area contributed by atoms with Crippen molar-refractivity contribution >= 4 is 33.3 Å². The highest BCUT2D eigenvalue weighted by Gasteiger charge is 2.26. The number of carbonyl (C=O) groups excluding carboxylic acids is 1. The van der Waals surface area contributed by atoms with Crippen LogP contribution >= 0.6 is 11.3 Å². The average Bonchev–Trinajstić information content (AvgIpc) is 3.49. The average molecular weight is 486 g/mol. The SMILES string of the molecule is COc1cc(OC)cc([C@H](OC)C(=O)Nc2nnc(N[C@@H]3CCN(c4ccc(C)nn4)C3)s2)c1. The third-order valence-corrected chi connectivity index (χ3v) is 6.20. The summed E-state index contributed by atoms with van der Waals surface area (Å²) >= 11 is 1.27. The molecular formula is C22H27N7O4S. The zero-order valence-electron chi connectivity index (χ0n) is 19.4. The molecule has 0 bridgehead atoms. The van der Waals surface area contributed by atoms with E-state index >= 15 is 0 Å². The van der Waals surface area contributed by atoms with E-state index in [9.17, 15) is 4.79 Å². The van der Waals surface area contributed by atoms with Crippen molar-refractivity contribution < 1.29 is 19.0 Å². The van der Waals surface area contributed by atoms with Crippen LogP contribution in [0.1, 0.15) is 23.8 Å². The fourth-order valence-corrected chi connectivity index (χ4v) is 4.42. The van der Waals surface area contributed by atoms with Gasteiger partial charge in [0.15, 0.2) is 11.9 Å². The first-order chi connectivity index (χ1) is 16.5. The first-order valence-electron chi connectivity index (χ1n) is 10.7. The Morgan fingerprint density at radius 2 is 1.79 bits per heavy atom. The molecule has 2 aromatic heterocycles. The fraction of sp³-hybridized carbons (Fsp3) is 0.409. The number of methoxy groups -OCH3 is 3. The molecule has 1 aliphatic rings. The van der Waals surface area contributed by atoms with E-state index in [1.54, 1.807) is 32.4 Å². The van der Waals surface area contributed by atoms with Crippen LogP contribution < -0.4 is 25.0 Å². The van der Waals surface area contributed by atoms with Gasteiger partial charge in [-0.05, 0) is 43.2 Å². The molecule has 4 rings (SSSR count). The van der Waals surface area contributed by atoms with Crippen LogP contribution in [-0.2, 0) is 9.53 Å². The second-order valence-electron chi connectivity index (χ2n) is 7.77. The number of aromatic nitrogens is 4. The van der Waals surface area contributed by atoms with Gasteiger partial charge in [0.2, 0.25) is 10.3 Å². The Morgan fingerprint density at radius 3 is 2.44 bits per heavy atom. The number of ether oxygens (including phenoxy) is 3. The first kappa shape index (κ1) is 23.6. The van der Waals surface area contributed by atoms with Gasteiger partial charge in [0.1, 0.15) is 11.5 Å². The topological polar surface area (TPSA) is 124 Å². The predicted octanol–water partition coefficient (Wildman–Crippen LogP) is 2.67. The quantitative estimate of drug-likeness (QED) is 0.467. The molecule has 1 aliphatic heterocycles. The molecule has 0 radical (unpaired) electrons. The summed E-state index contributed by atoms with van der Waals surface area (Å²) in [6.07, 6.45) is 0.0589. The summed E-state index contributed by atoms with van der Waals surface area (Å²) in [5.41, 5.74) is 1.49. The van der Waals surface area contributed by atoms with Crippen molar-refractivity contribution in [1.29, 1.82) is 0 Å². The number of aryl methyl sites for hydroxylation is 1. The normalized spacial score (nSPS) is 16.2. The standard InChI is InChI=1S/C22H27N7O4S/c1-13-5-6-18(26-25-13)29-8-7-15(12-29)23-21-27-28-22(34-21)24-20(30)19(33-4)14-9-16(31-2)11-17(10-14)32-3/h5-6,9-11,15,19H,7-8,12H2,1-4H3,(H,23,27)(H,24,28,30)/t15-,19+/m1/s1. The molecule has 11 nitrogen and oxygen atoms in total. The summed E-state index contributed by atoms with van der Waals surface area (Å²) < 4.78 is 16.0. The number of hydrogen-bond donors (Lipinski definition) is 2. The van der Waals surface area contributed by atoms with E-state index in [-0.39, 0.29) is 11.9 Å². The summed E-state index contributed by atoms with van der Waals surface area (Å²) in [5, 5.41) is 23.8. The number of amides is 1. The number of benzene rings is 1. The van der Waals surface area contributed by atoms with E-state index in [1.165, 1.54) is 18.4 Å². The van der Waals surface area contributed by atoms with Crippen molar-refractivity contribution in [3.63, 3.8) is 0 Å². The maximum atomic E-state index is 12.9. The van der Waals surface area contributed by atoms with E-state index in [4.69, 9.17) is 14.2 Å². The van der Waals surface area contributed by atoms with Crippen LogP contribution in [0.25, 0.3) is 0 Å². The first-order valence-corrected chi connectivity index (χ1v) is 11.5. The third-order valence-electron chi connectivity index (χ3n) is 5.43. The van der Waals surface area contributed by atoms with Crippen LogP contribution in [0.3, 0.4) is 0 Å². The van der Waals surface area contributed by atoms with Crippen LogP contribution in [0.15, 0.2) is 30.3 Å². The van der Waals surface area contributed by atoms with Crippen molar-refractivity contribution in [3.8, 4) is 11.5 Å². The van der Waals surface area contributed by atoms with Gasteiger partial charge >= 0.3 is 0 Å². The minimum Gasteiger partial charge on any atom is -0.497 e. The second kappa shape index (κ2) is 10.6. The number of rotatable bonds is 9. The molecule has 0 aliphatic carbocycles. The minimum atomic E-state index is -0.872. The molecule has 1 fully saturated rings. The van der Waals surface area contributed by atoms with E-state index in [1.807, 2.05) is 19.1 Å². The predicted molar refractivity (Wildman–Crippen MR) is 129 cm³/mol. The summed E-state index contributed by atoms with van der Waals surface area (Å²) in [7, 11) is 4.56. The van der Waals surface area contributed by atoms with Crippen LogP contribution in [0, 0.1) is 6.92 Å². The van der Waals surface area contributed by atoms with Gasteiger partial charge < -0.3 is 24.4 Å². The highest BCUT2D eigenvalue weighted by Crippen LogP contribution is 2.30. The monoisotopic (exact) mass is 485 g/mol. The second-order valence-corrected chi connectivity index (χ2v) is 8.75. The number of carbonyl (C=O) groups is 1. The smallest absolute Gasteiger partial charge is 0.259 e. The Hall–Kier alpha value is -3.51. The van der Waals surface area contributed by atoms with Gasteiger partial charge in [-0.2, -0.15) is 5.10 Å². The highest BCUT2D eigenvalue weighted by molar-refractivity contribution is 7.19. The summed E-state index contributed by atoms with van der Waals surface area (Å²) in [5.74, 6) is 1.62. The van der Waals surface area contributed by atoms with Crippen LogP contribution in [0.2, 0.25) is 0 Å². The lowest BCUT2D eigenvalue weighted by atomic mass is 10.1. The summed E-state index contributed by atoms with van der Waals surface area (Å²) in [4.78, 5) is 15.1. The van der Waals surface area contributed by atoms with Gasteiger partial charge in [-0.1, -0.05) is 11.3 Å². The summed E-state index contributed by atoms with van der Waals surface area (Å²) in [6, 6.07) is 9.31. The number of anilines is 3. The zero-order valence-corrected chi connectivity index (χ0v) is 20.3. The molecule has 0 unspecified atom stereocenters. The molecule has 0 spiro atoms. The molecule has 180 valence electrons. The third kappa shape index (κ3) is 5.51. The molecule has 2 atom stereocenters. The molecule has 3 aromatic rings. The van der Waals surface area contributed by atoms with Gasteiger partial charge in [-0.25, -0.2) is 0 Å². The lowest BCUT2D eigenvalue weighted by Crippen LogP contribution is -2.26. The van der Waals surface area contributed by atoms with E-state index in [0.717, 1.165) is 31.0 Å². The van der Waals surface area contributed by atoms with Crippen molar-refractivity contribution in [1.82, 2.24) is 20.4 Å². The molecule has 2 N–H and O–H groups in total. The lowest BCUT2D eigenvalue weighted by Gasteiger charge is -2.17. The van der Waals surface area contributed by atoms with Crippen molar-refractivity contribution in [2.75, 3.05) is 50.0 Å². The molecular weight excluding hydrogens is 458 g/mol. The minimum absolute atomic E-state index is 0.190. The van der Waals surface area contributed by atoms with Gasteiger partial charge in [0, 0.05) is 32.3 Å². The fourth-order valence-electron chi connectivity index (χ4n) is 3.70. The van der Waals surface area contributed by atoms with Gasteiger partial charge in [-0.15, -0.1) is 15.3 Å². The summed E-state index contributed by atoms with van der Waals surface area (Å²) in [6.45, 7) is 3.57. The van der Waals surface area contributed by atoms with Gasteiger partial charge in [-0.3, -0.25) is 10.1 Å². The largest absolute Gasteiger partial charge is 0.497 e. The Labute approximate surface area is 201 Å². The van der Waals surface area contributed by atoms with Crippen LogP contribution in [-0.4, -0.2) is 66.8 Å². The van der Waals surface area contributed by atoms with Crippen molar-refractivity contribution in [2.45, 2.75) is 25.5 Å². The number of nitrogens with one attached hydrogen (secondary N) is 2. The number of hydrogen-bond acceptors (Lipinski definition) is 11. The van der Waals surface area contributed by atoms with Crippen LogP contribution in [0.4, 0.5) is 16.1 Å². The molecule has 1 aromatic carbocycles. The number of nitrogens with zero attached hydrogens (tertiary/aromatic N) is 5. The molecule has 0 saturated carbocycles. The van der Waals surface area contributed by atoms with E-state index in [0.29, 0.717) is 27.3 Å². The Kier molecular flexibility index (Phi) is 7.38. The highest BCUT2D eigenvalue weighted by atomic mass is 32.1. The maximum Gasteiger partial charge on any atom is 0.259 e. The van der Waals surface area contributed by atoms with Crippen molar-refractivity contribution in [3.05, 3.63) is 41.6 Å². The zero-order chi connectivity index (χ0) is 24.1.